The molecule has 2 aromatic rings. The van der Waals surface area contributed by atoms with E-state index in [9.17, 15) is 9.18 Å². The molecule has 0 heterocycles. The van der Waals surface area contributed by atoms with Crippen molar-refractivity contribution >= 4 is 28.9 Å². The maximum Gasteiger partial charge on any atom is 0.257 e. The molecule has 0 bridgehead atoms. The van der Waals surface area contributed by atoms with E-state index in [1.807, 2.05) is 19.1 Å². The molecule has 0 atom stereocenters. The molecule has 2 aromatic carbocycles. The van der Waals surface area contributed by atoms with Crippen LogP contribution >= 0.6 is 11.6 Å². The van der Waals surface area contributed by atoms with Crippen LogP contribution in [0.3, 0.4) is 0 Å². The van der Waals surface area contributed by atoms with Gasteiger partial charge in [-0.25, -0.2) is 4.39 Å². The molecule has 3 nitrogen and oxygen atoms in total. The molecule has 2 rings (SSSR count). The molecule has 20 heavy (non-hydrogen) atoms. The molecule has 104 valence electrons. The summed E-state index contributed by atoms with van der Waals surface area (Å²) in [6.45, 7) is 1.93. The standard InChI is InChI=1S/C15H14ClFN2O/c1-9-6-7-10(13(8-9)18-2)15(20)19-12-5-3-4-11(16)14(12)17/h3-8,18H,1-2H3,(H,19,20). The smallest absolute Gasteiger partial charge is 0.257 e. The Morgan fingerprint density at radius 1 is 1.20 bits per heavy atom. The first kappa shape index (κ1) is 14.3. The van der Waals surface area contributed by atoms with Crippen molar-refractivity contribution in [3.8, 4) is 0 Å². The Morgan fingerprint density at radius 3 is 2.65 bits per heavy atom. The fraction of sp³-hybridized carbons (Fsp3) is 0.133. The summed E-state index contributed by atoms with van der Waals surface area (Å²) in [5, 5.41) is 5.44. The number of nitrogens with one attached hydrogen (secondary N) is 2. The Morgan fingerprint density at radius 2 is 1.95 bits per heavy atom. The lowest BCUT2D eigenvalue weighted by Gasteiger charge is -2.11. The Kier molecular flexibility index (Phi) is 4.25. The lowest BCUT2D eigenvalue weighted by atomic mass is 10.1. The van der Waals surface area contributed by atoms with Crippen molar-refractivity contribution in [2.75, 3.05) is 17.7 Å². The number of aryl methyl sites for hydroxylation is 1. The van der Waals surface area contributed by atoms with Crippen LogP contribution in [0.2, 0.25) is 5.02 Å². The number of carbonyl (C=O) groups is 1. The number of benzene rings is 2. The van der Waals surface area contributed by atoms with E-state index in [1.165, 1.54) is 12.1 Å². The molecule has 1 amide bonds. The van der Waals surface area contributed by atoms with Gasteiger partial charge in [-0.2, -0.15) is 0 Å². The van der Waals surface area contributed by atoms with Crippen LogP contribution in [-0.4, -0.2) is 13.0 Å². The van der Waals surface area contributed by atoms with Crippen molar-refractivity contribution < 1.29 is 9.18 Å². The molecule has 5 heteroatoms. The monoisotopic (exact) mass is 292 g/mol. The number of carbonyl (C=O) groups excluding carboxylic acids is 1. The normalized spacial score (nSPS) is 10.2. The Labute approximate surface area is 121 Å². The average Bonchev–Trinajstić information content (AvgIpc) is 2.43. The zero-order valence-corrected chi connectivity index (χ0v) is 11.9. The second kappa shape index (κ2) is 5.92. The predicted octanol–water partition coefficient (Wildman–Crippen LogP) is 4.08. The Balaban J connectivity index is 2.31. The largest absolute Gasteiger partial charge is 0.387 e. The van der Waals surface area contributed by atoms with E-state index >= 15 is 0 Å². The van der Waals surface area contributed by atoms with Crippen molar-refractivity contribution in [2.45, 2.75) is 6.92 Å². The first-order chi connectivity index (χ1) is 9.52. The van der Waals surface area contributed by atoms with Crippen LogP contribution in [0.15, 0.2) is 36.4 Å². The van der Waals surface area contributed by atoms with Gasteiger partial charge in [0.1, 0.15) is 0 Å². The summed E-state index contributed by atoms with van der Waals surface area (Å²) >= 11 is 5.68. The molecule has 0 aliphatic heterocycles. The van der Waals surface area contributed by atoms with Gasteiger partial charge < -0.3 is 10.6 Å². The second-order valence-electron chi connectivity index (χ2n) is 4.35. The van der Waals surface area contributed by atoms with E-state index in [2.05, 4.69) is 10.6 Å². The van der Waals surface area contributed by atoms with Crippen LogP contribution < -0.4 is 10.6 Å². The summed E-state index contributed by atoms with van der Waals surface area (Å²) in [5.74, 6) is -1.03. The third kappa shape index (κ3) is 2.91. The minimum absolute atomic E-state index is 0.0273. The first-order valence-electron chi connectivity index (χ1n) is 6.06. The molecule has 0 aromatic heterocycles. The molecule has 2 N–H and O–H groups in total. The lowest BCUT2D eigenvalue weighted by Crippen LogP contribution is -2.15. The maximum atomic E-state index is 13.8. The summed E-state index contributed by atoms with van der Waals surface area (Å²) in [6.07, 6.45) is 0. The van der Waals surface area contributed by atoms with Crippen LogP contribution in [0.4, 0.5) is 15.8 Å². The quantitative estimate of drug-likeness (QED) is 0.895. The highest BCUT2D eigenvalue weighted by Crippen LogP contribution is 2.24. The first-order valence-corrected chi connectivity index (χ1v) is 6.44. The summed E-state index contributed by atoms with van der Waals surface area (Å²) in [4.78, 5) is 12.2. The summed E-state index contributed by atoms with van der Waals surface area (Å²) in [7, 11) is 1.73. The lowest BCUT2D eigenvalue weighted by molar-refractivity contribution is 0.102. The number of hydrogen-bond donors (Lipinski definition) is 2. The Hall–Kier alpha value is -2.07. The number of hydrogen-bond acceptors (Lipinski definition) is 2. The highest BCUT2D eigenvalue weighted by molar-refractivity contribution is 6.31. The van der Waals surface area contributed by atoms with E-state index in [1.54, 1.807) is 19.2 Å². The molecular formula is C15H14ClFN2O. The maximum absolute atomic E-state index is 13.8. The zero-order valence-electron chi connectivity index (χ0n) is 11.1. The third-order valence-electron chi connectivity index (χ3n) is 2.89. The SMILES string of the molecule is CNc1cc(C)ccc1C(=O)Nc1cccc(Cl)c1F. The fourth-order valence-electron chi connectivity index (χ4n) is 1.85. The number of rotatable bonds is 3. The molecule has 0 aliphatic rings. The van der Waals surface area contributed by atoms with Gasteiger partial charge in [0.15, 0.2) is 5.82 Å². The molecule has 0 fully saturated rings. The molecule has 0 aliphatic carbocycles. The molecule has 0 saturated heterocycles. The average molecular weight is 293 g/mol. The van der Waals surface area contributed by atoms with Crippen LogP contribution in [0, 0.1) is 12.7 Å². The van der Waals surface area contributed by atoms with Gasteiger partial charge in [0.2, 0.25) is 0 Å². The summed E-state index contributed by atoms with van der Waals surface area (Å²) in [5.41, 5.74) is 2.22. The topological polar surface area (TPSA) is 41.1 Å². The van der Waals surface area contributed by atoms with E-state index in [0.29, 0.717) is 11.3 Å². The van der Waals surface area contributed by atoms with Gasteiger partial charge in [0, 0.05) is 12.7 Å². The zero-order chi connectivity index (χ0) is 14.7. The van der Waals surface area contributed by atoms with Crippen LogP contribution in [0.5, 0.6) is 0 Å². The third-order valence-corrected chi connectivity index (χ3v) is 3.18. The number of halogens is 2. The fourth-order valence-corrected chi connectivity index (χ4v) is 2.03. The number of amides is 1. The highest BCUT2D eigenvalue weighted by atomic mass is 35.5. The van der Waals surface area contributed by atoms with Gasteiger partial charge in [-0.15, -0.1) is 0 Å². The van der Waals surface area contributed by atoms with Crippen molar-refractivity contribution in [3.63, 3.8) is 0 Å². The Bertz CT molecular complexity index is 658. The summed E-state index contributed by atoms with van der Waals surface area (Å²) in [6, 6.07) is 9.84. The van der Waals surface area contributed by atoms with Crippen LogP contribution in [0.1, 0.15) is 15.9 Å². The van der Waals surface area contributed by atoms with Gasteiger partial charge in [0.05, 0.1) is 16.3 Å². The summed E-state index contributed by atoms with van der Waals surface area (Å²) < 4.78 is 13.8. The predicted molar refractivity (Wildman–Crippen MR) is 80.1 cm³/mol. The molecule has 0 saturated carbocycles. The number of anilines is 2. The molecular weight excluding hydrogens is 279 g/mol. The van der Waals surface area contributed by atoms with Gasteiger partial charge in [0.25, 0.3) is 5.91 Å². The van der Waals surface area contributed by atoms with Gasteiger partial charge in [-0.1, -0.05) is 23.7 Å². The van der Waals surface area contributed by atoms with Crippen molar-refractivity contribution in [1.29, 1.82) is 0 Å². The van der Waals surface area contributed by atoms with Crippen LogP contribution in [-0.2, 0) is 0 Å². The van der Waals surface area contributed by atoms with Crippen molar-refractivity contribution in [3.05, 3.63) is 58.4 Å². The van der Waals surface area contributed by atoms with Gasteiger partial charge in [-0.05, 0) is 36.8 Å². The second-order valence-corrected chi connectivity index (χ2v) is 4.76. The van der Waals surface area contributed by atoms with E-state index in [4.69, 9.17) is 11.6 Å². The minimum Gasteiger partial charge on any atom is -0.387 e. The van der Waals surface area contributed by atoms with Gasteiger partial charge >= 0.3 is 0 Å². The minimum atomic E-state index is -0.638. The molecule has 0 spiro atoms. The van der Waals surface area contributed by atoms with Crippen molar-refractivity contribution in [1.82, 2.24) is 0 Å². The van der Waals surface area contributed by atoms with Gasteiger partial charge in [-0.3, -0.25) is 4.79 Å². The van der Waals surface area contributed by atoms with Crippen molar-refractivity contribution in [2.24, 2.45) is 0 Å². The molecule has 0 unspecified atom stereocenters. The van der Waals surface area contributed by atoms with E-state index in [-0.39, 0.29) is 10.7 Å². The van der Waals surface area contributed by atoms with E-state index < -0.39 is 11.7 Å². The molecule has 0 radical (unpaired) electrons. The van der Waals surface area contributed by atoms with Crippen LogP contribution in [0.25, 0.3) is 0 Å². The van der Waals surface area contributed by atoms with E-state index in [0.717, 1.165) is 5.56 Å². The highest BCUT2D eigenvalue weighted by Gasteiger charge is 2.14.